The van der Waals surface area contributed by atoms with E-state index in [1.165, 1.54) is 18.2 Å². The van der Waals surface area contributed by atoms with Crippen molar-refractivity contribution >= 4 is 33.2 Å². The second kappa shape index (κ2) is 6.36. The van der Waals surface area contributed by atoms with Crippen LogP contribution in [0, 0.1) is 10.1 Å². The van der Waals surface area contributed by atoms with Crippen LogP contribution < -0.4 is 11.1 Å². The second-order valence-electron chi connectivity index (χ2n) is 4.34. The molecule has 0 atom stereocenters. The number of nitrogens with zero attached hydrogens (tertiary/aromatic N) is 1. The zero-order chi connectivity index (χ0) is 15.4. The average Bonchev–Trinajstić information content (AvgIpc) is 2.44. The molecule has 21 heavy (non-hydrogen) atoms. The van der Waals surface area contributed by atoms with Crippen LogP contribution in [-0.4, -0.2) is 10.8 Å². The summed E-state index contributed by atoms with van der Waals surface area (Å²) in [6.07, 6.45) is 0. The molecule has 0 heterocycles. The largest absolute Gasteiger partial charge is 0.393 e. The van der Waals surface area contributed by atoms with Gasteiger partial charge in [-0.15, -0.1) is 0 Å². The maximum atomic E-state index is 12.0. The summed E-state index contributed by atoms with van der Waals surface area (Å²) in [4.78, 5) is 22.1. The summed E-state index contributed by atoms with van der Waals surface area (Å²) < 4.78 is 0.925. The van der Waals surface area contributed by atoms with Crippen LogP contribution in [0.3, 0.4) is 0 Å². The van der Waals surface area contributed by atoms with Gasteiger partial charge in [0.2, 0.25) is 0 Å². The molecule has 0 radical (unpaired) electrons. The number of benzene rings is 2. The van der Waals surface area contributed by atoms with E-state index in [2.05, 4.69) is 21.2 Å². The van der Waals surface area contributed by atoms with Crippen molar-refractivity contribution in [3.8, 4) is 0 Å². The van der Waals surface area contributed by atoms with Crippen molar-refractivity contribution in [3.05, 3.63) is 68.2 Å². The fourth-order valence-corrected chi connectivity index (χ4v) is 2.24. The summed E-state index contributed by atoms with van der Waals surface area (Å²) in [5.74, 6) is -0.337. The summed E-state index contributed by atoms with van der Waals surface area (Å²) >= 11 is 3.35. The highest BCUT2D eigenvalue weighted by atomic mass is 79.9. The van der Waals surface area contributed by atoms with Gasteiger partial charge in [0.15, 0.2) is 0 Å². The summed E-state index contributed by atoms with van der Waals surface area (Å²) in [5.41, 5.74) is 6.54. The van der Waals surface area contributed by atoms with Crippen molar-refractivity contribution in [2.45, 2.75) is 6.54 Å². The molecule has 0 bridgehead atoms. The maximum absolute atomic E-state index is 12.0. The van der Waals surface area contributed by atoms with Crippen molar-refractivity contribution in [2.75, 3.05) is 5.73 Å². The number of nitro benzene ring substituents is 1. The number of nitrogens with one attached hydrogen (secondary N) is 1. The third-order valence-corrected chi connectivity index (χ3v) is 3.32. The number of amides is 1. The summed E-state index contributed by atoms with van der Waals surface area (Å²) in [6, 6.07) is 11.4. The minimum Gasteiger partial charge on any atom is -0.393 e. The van der Waals surface area contributed by atoms with Gasteiger partial charge in [0, 0.05) is 22.6 Å². The molecule has 3 N–H and O–H groups in total. The third-order valence-electron chi connectivity index (χ3n) is 2.83. The summed E-state index contributed by atoms with van der Waals surface area (Å²) in [6.45, 7) is 0.356. The Morgan fingerprint density at radius 1 is 1.29 bits per heavy atom. The average molecular weight is 350 g/mol. The van der Waals surface area contributed by atoms with Gasteiger partial charge in [0.1, 0.15) is 5.69 Å². The van der Waals surface area contributed by atoms with Crippen LogP contribution in [0.5, 0.6) is 0 Å². The van der Waals surface area contributed by atoms with Crippen molar-refractivity contribution in [1.29, 1.82) is 0 Å². The van der Waals surface area contributed by atoms with Crippen molar-refractivity contribution in [2.24, 2.45) is 0 Å². The lowest BCUT2D eigenvalue weighted by atomic mass is 10.1. The monoisotopic (exact) mass is 349 g/mol. The maximum Gasteiger partial charge on any atom is 0.292 e. The Morgan fingerprint density at radius 2 is 2.05 bits per heavy atom. The lowest BCUT2D eigenvalue weighted by molar-refractivity contribution is -0.383. The van der Waals surface area contributed by atoms with E-state index in [9.17, 15) is 14.9 Å². The molecular weight excluding hydrogens is 338 g/mol. The molecule has 0 aliphatic heterocycles. The Morgan fingerprint density at radius 3 is 2.67 bits per heavy atom. The number of hydrogen-bond donors (Lipinski definition) is 2. The van der Waals surface area contributed by atoms with E-state index >= 15 is 0 Å². The first-order valence-corrected chi connectivity index (χ1v) is 6.83. The van der Waals surface area contributed by atoms with E-state index in [0.29, 0.717) is 6.54 Å². The molecular formula is C14H12BrN3O3. The first-order valence-electron chi connectivity index (χ1n) is 6.04. The second-order valence-corrected chi connectivity index (χ2v) is 5.26. The lowest BCUT2D eigenvalue weighted by Crippen LogP contribution is -2.22. The number of carbonyl (C=O) groups excluding carboxylic acids is 1. The van der Waals surface area contributed by atoms with Crippen molar-refractivity contribution < 1.29 is 9.72 Å². The van der Waals surface area contributed by atoms with Crippen molar-refractivity contribution in [3.63, 3.8) is 0 Å². The molecule has 2 aromatic carbocycles. The molecule has 108 valence electrons. The minimum absolute atomic E-state index is 0.0323. The highest BCUT2D eigenvalue weighted by Gasteiger charge is 2.14. The number of hydrogen-bond acceptors (Lipinski definition) is 4. The van der Waals surface area contributed by atoms with Gasteiger partial charge in [-0.1, -0.05) is 28.1 Å². The molecule has 0 saturated heterocycles. The molecule has 0 aromatic heterocycles. The number of halogens is 1. The Bertz CT molecular complexity index is 704. The molecule has 0 aliphatic rings. The molecule has 6 nitrogen and oxygen atoms in total. The summed E-state index contributed by atoms with van der Waals surface area (Å²) in [7, 11) is 0. The van der Waals surface area contributed by atoms with Crippen LogP contribution in [0.2, 0.25) is 0 Å². The molecule has 0 fully saturated rings. The number of carbonyl (C=O) groups is 1. The fourth-order valence-electron chi connectivity index (χ4n) is 1.79. The molecule has 2 rings (SSSR count). The van der Waals surface area contributed by atoms with Crippen LogP contribution in [0.25, 0.3) is 0 Å². The number of anilines is 1. The Kier molecular flexibility index (Phi) is 4.54. The highest BCUT2D eigenvalue weighted by Crippen LogP contribution is 2.22. The van der Waals surface area contributed by atoms with Crippen LogP contribution in [-0.2, 0) is 6.54 Å². The first kappa shape index (κ1) is 15.0. The van der Waals surface area contributed by atoms with Gasteiger partial charge in [-0.25, -0.2) is 0 Å². The SMILES string of the molecule is Nc1cc(C(=O)NCc2cccc(Br)c2)ccc1[N+](=O)[O-]. The first-order chi connectivity index (χ1) is 9.97. The standard InChI is InChI=1S/C14H12BrN3O3/c15-11-3-1-2-9(6-11)8-17-14(19)10-4-5-13(18(20)21)12(16)7-10/h1-7H,8,16H2,(H,17,19). The van der Waals surface area contributed by atoms with Gasteiger partial charge >= 0.3 is 0 Å². The molecule has 0 saturated carbocycles. The van der Waals surface area contributed by atoms with E-state index in [0.717, 1.165) is 10.0 Å². The molecule has 1 amide bonds. The number of rotatable bonds is 4. The zero-order valence-electron chi connectivity index (χ0n) is 10.9. The quantitative estimate of drug-likeness (QED) is 0.503. The van der Waals surface area contributed by atoms with Gasteiger partial charge in [0.05, 0.1) is 4.92 Å². The Hall–Kier alpha value is -2.41. The minimum atomic E-state index is -0.585. The molecule has 0 unspecified atom stereocenters. The van der Waals surface area contributed by atoms with Crippen LogP contribution in [0.4, 0.5) is 11.4 Å². The van der Waals surface area contributed by atoms with E-state index in [4.69, 9.17) is 5.73 Å². The normalized spacial score (nSPS) is 10.1. The zero-order valence-corrected chi connectivity index (χ0v) is 12.5. The van der Waals surface area contributed by atoms with Gasteiger partial charge in [-0.2, -0.15) is 0 Å². The topological polar surface area (TPSA) is 98.3 Å². The van der Waals surface area contributed by atoms with Gasteiger partial charge in [-0.3, -0.25) is 14.9 Å². The Balaban J connectivity index is 2.07. The van der Waals surface area contributed by atoms with Gasteiger partial charge < -0.3 is 11.1 Å². The van der Waals surface area contributed by atoms with E-state index < -0.39 is 4.92 Å². The number of nitrogen functional groups attached to an aromatic ring is 1. The van der Waals surface area contributed by atoms with E-state index in [1.807, 2.05) is 24.3 Å². The molecule has 7 heteroatoms. The molecule has 0 aliphatic carbocycles. The predicted octanol–water partition coefficient (Wildman–Crippen LogP) is 2.87. The number of nitro groups is 1. The lowest BCUT2D eigenvalue weighted by Gasteiger charge is -2.06. The van der Waals surface area contributed by atoms with E-state index in [1.54, 1.807) is 0 Å². The summed E-state index contributed by atoms with van der Waals surface area (Å²) in [5, 5.41) is 13.4. The highest BCUT2D eigenvalue weighted by molar-refractivity contribution is 9.10. The van der Waals surface area contributed by atoms with Crippen LogP contribution in [0.15, 0.2) is 46.9 Å². The molecule has 2 aromatic rings. The Labute approximate surface area is 129 Å². The number of nitrogens with two attached hydrogens (primary N) is 1. The van der Waals surface area contributed by atoms with Crippen molar-refractivity contribution in [1.82, 2.24) is 5.32 Å². The smallest absolute Gasteiger partial charge is 0.292 e. The van der Waals surface area contributed by atoms with Crippen LogP contribution in [0.1, 0.15) is 15.9 Å². The third kappa shape index (κ3) is 3.79. The van der Waals surface area contributed by atoms with Gasteiger partial charge in [-0.05, 0) is 29.8 Å². The molecule has 0 spiro atoms. The fraction of sp³-hybridized carbons (Fsp3) is 0.0714. The predicted molar refractivity (Wildman–Crippen MR) is 82.8 cm³/mol. The van der Waals surface area contributed by atoms with Gasteiger partial charge in [0.25, 0.3) is 11.6 Å². The van der Waals surface area contributed by atoms with Crippen LogP contribution >= 0.6 is 15.9 Å². The van der Waals surface area contributed by atoms with E-state index in [-0.39, 0.29) is 22.8 Å².